The normalized spacial score (nSPS) is 23.5. The maximum absolute atomic E-state index is 13.1. The first-order chi connectivity index (χ1) is 11.0. The van der Waals surface area contributed by atoms with Crippen LogP contribution in [0.15, 0.2) is 18.5 Å². The molecule has 0 aromatic carbocycles. The van der Waals surface area contributed by atoms with E-state index in [4.69, 9.17) is 4.74 Å². The molecule has 1 amide bonds. The molecule has 2 aliphatic rings. The predicted molar refractivity (Wildman–Crippen MR) is 88.1 cm³/mol. The summed E-state index contributed by atoms with van der Waals surface area (Å²) in [6, 6.07) is 2.03. The van der Waals surface area contributed by atoms with Gasteiger partial charge in [-0.2, -0.15) is 0 Å². The van der Waals surface area contributed by atoms with Gasteiger partial charge in [-0.3, -0.25) is 4.79 Å². The van der Waals surface area contributed by atoms with Crippen molar-refractivity contribution in [3.8, 4) is 0 Å². The van der Waals surface area contributed by atoms with Crippen LogP contribution in [0, 0.1) is 11.3 Å². The molecule has 6 nitrogen and oxygen atoms in total. The summed E-state index contributed by atoms with van der Waals surface area (Å²) in [5, 5.41) is 0. The van der Waals surface area contributed by atoms with Crippen LogP contribution in [0.5, 0.6) is 0 Å². The van der Waals surface area contributed by atoms with E-state index >= 15 is 0 Å². The van der Waals surface area contributed by atoms with Crippen LogP contribution in [0.25, 0.3) is 0 Å². The highest BCUT2D eigenvalue weighted by molar-refractivity contribution is 5.81. The van der Waals surface area contributed by atoms with Crippen molar-refractivity contribution in [1.82, 2.24) is 14.9 Å². The highest BCUT2D eigenvalue weighted by Gasteiger charge is 2.52. The number of amides is 1. The first kappa shape index (κ1) is 16.2. The van der Waals surface area contributed by atoms with Crippen LogP contribution >= 0.6 is 0 Å². The van der Waals surface area contributed by atoms with Gasteiger partial charge in [0.1, 0.15) is 0 Å². The Balaban J connectivity index is 1.87. The van der Waals surface area contributed by atoms with Crippen LogP contribution in [-0.2, 0) is 9.53 Å². The topological polar surface area (TPSA) is 58.6 Å². The third-order valence-corrected chi connectivity index (χ3v) is 5.39. The first-order valence-electron chi connectivity index (χ1n) is 8.40. The molecule has 1 unspecified atom stereocenters. The molecule has 3 rings (SSSR count). The van der Waals surface area contributed by atoms with E-state index < -0.39 is 0 Å². The third kappa shape index (κ3) is 3.04. The van der Waals surface area contributed by atoms with Crippen LogP contribution in [0.3, 0.4) is 0 Å². The van der Waals surface area contributed by atoms with E-state index in [1.54, 1.807) is 12.4 Å². The Morgan fingerprint density at radius 3 is 2.61 bits per heavy atom. The second-order valence-electron chi connectivity index (χ2n) is 7.00. The van der Waals surface area contributed by atoms with E-state index in [9.17, 15) is 4.79 Å². The van der Waals surface area contributed by atoms with Gasteiger partial charge in [-0.25, -0.2) is 9.97 Å². The zero-order valence-electron chi connectivity index (χ0n) is 14.2. The molecule has 126 valence electrons. The van der Waals surface area contributed by atoms with Crippen LogP contribution in [0.2, 0.25) is 0 Å². The van der Waals surface area contributed by atoms with Gasteiger partial charge < -0.3 is 14.5 Å². The molecule has 3 heterocycles. The maximum Gasteiger partial charge on any atom is 0.228 e. The number of hydrogen-bond donors (Lipinski definition) is 0. The summed E-state index contributed by atoms with van der Waals surface area (Å²) in [7, 11) is 1.90. The largest absolute Gasteiger partial charge is 0.381 e. The van der Waals surface area contributed by atoms with Gasteiger partial charge >= 0.3 is 0 Å². The molecule has 0 saturated carbocycles. The van der Waals surface area contributed by atoms with Gasteiger partial charge in [0, 0.05) is 57.2 Å². The molecule has 2 aliphatic heterocycles. The number of carbonyl (C=O) groups excluding carboxylic acids is 1. The summed E-state index contributed by atoms with van der Waals surface area (Å²) in [6.07, 6.45) is 5.38. The number of aromatic nitrogens is 2. The molecular weight excluding hydrogens is 292 g/mol. The summed E-state index contributed by atoms with van der Waals surface area (Å²) < 4.78 is 5.56. The number of anilines is 1. The van der Waals surface area contributed by atoms with Crippen LogP contribution in [0.4, 0.5) is 5.95 Å². The fraction of sp³-hybridized carbons (Fsp3) is 0.706. The predicted octanol–water partition coefficient (Wildman–Crippen LogP) is 1.58. The molecule has 2 fully saturated rings. The lowest BCUT2D eigenvalue weighted by Gasteiger charge is -2.39. The minimum atomic E-state index is -0.0162. The van der Waals surface area contributed by atoms with E-state index in [2.05, 4.69) is 28.7 Å². The Hall–Kier alpha value is -1.69. The summed E-state index contributed by atoms with van der Waals surface area (Å²) >= 11 is 0. The molecule has 0 bridgehead atoms. The van der Waals surface area contributed by atoms with Gasteiger partial charge in [0.15, 0.2) is 0 Å². The van der Waals surface area contributed by atoms with Gasteiger partial charge in [0.2, 0.25) is 11.9 Å². The molecular formula is C17H26N4O2. The molecule has 0 aliphatic carbocycles. The smallest absolute Gasteiger partial charge is 0.228 e. The standard InChI is InChI=1S/C17H26N4O2/c1-13(2)20(3)15(22)14-11-21(16-18-7-4-8-19-16)12-17(14)5-9-23-10-6-17/h4,7-8,13-14H,5-6,9-12H2,1-3H3. The average Bonchev–Trinajstić information content (AvgIpc) is 2.93. The highest BCUT2D eigenvalue weighted by Crippen LogP contribution is 2.45. The Kier molecular flexibility index (Phi) is 4.53. The minimum absolute atomic E-state index is 0.0115. The quantitative estimate of drug-likeness (QED) is 0.847. The summed E-state index contributed by atoms with van der Waals surface area (Å²) in [4.78, 5) is 25.8. The second-order valence-corrected chi connectivity index (χ2v) is 7.00. The van der Waals surface area contributed by atoms with Crippen molar-refractivity contribution in [2.45, 2.75) is 32.7 Å². The van der Waals surface area contributed by atoms with E-state index in [0.717, 1.165) is 38.5 Å². The highest BCUT2D eigenvalue weighted by atomic mass is 16.5. The molecule has 1 aromatic heterocycles. The molecule has 6 heteroatoms. The van der Waals surface area contributed by atoms with Crippen molar-refractivity contribution >= 4 is 11.9 Å². The van der Waals surface area contributed by atoms with E-state index in [-0.39, 0.29) is 23.3 Å². The van der Waals surface area contributed by atoms with Crippen molar-refractivity contribution in [2.24, 2.45) is 11.3 Å². The van der Waals surface area contributed by atoms with Crippen LogP contribution in [0.1, 0.15) is 26.7 Å². The number of ether oxygens (including phenoxy) is 1. The SMILES string of the molecule is CC(C)N(C)C(=O)C1CN(c2ncccn2)CC12CCOCC2. The number of rotatable bonds is 3. The minimum Gasteiger partial charge on any atom is -0.381 e. The fourth-order valence-corrected chi connectivity index (χ4v) is 3.70. The van der Waals surface area contributed by atoms with Crippen molar-refractivity contribution in [1.29, 1.82) is 0 Å². The lowest BCUT2D eigenvalue weighted by atomic mass is 9.71. The van der Waals surface area contributed by atoms with Crippen molar-refractivity contribution in [2.75, 3.05) is 38.3 Å². The molecule has 0 N–H and O–H groups in total. The monoisotopic (exact) mass is 318 g/mol. The van der Waals surface area contributed by atoms with E-state index in [0.29, 0.717) is 6.54 Å². The number of carbonyl (C=O) groups is 1. The number of nitrogens with zero attached hydrogens (tertiary/aromatic N) is 4. The van der Waals surface area contributed by atoms with E-state index in [1.807, 2.05) is 18.0 Å². The van der Waals surface area contributed by atoms with Gasteiger partial charge in [0.05, 0.1) is 5.92 Å². The van der Waals surface area contributed by atoms with Gasteiger partial charge in [-0.1, -0.05) is 0 Å². The summed E-state index contributed by atoms with van der Waals surface area (Å²) in [5.74, 6) is 0.948. The maximum atomic E-state index is 13.1. The zero-order chi connectivity index (χ0) is 16.4. The van der Waals surface area contributed by atoms with E-state index in [1.165, 1.54) is 0 Å². The second kappa shape index (κ2) is 6.43. The van der Waals surface area contributed by atoms with Crippen LogP contribution < -0.4 is 4.90 Å². The molecule has 1 spiro atoms. The van der Waals surface area contributed by atoms with Crippen molar-refractivity contribution in [3.05, 3.63) is 18.5 Å². The van der Waals surface area contributed by atoms with Gasteiger partial charge in [-0.05, 0) is 32.8 Å². The fourth-order valence-electron chi connectivity index (χ4n) is 3.70. The lowest BCUT2D eigenvalue weighted by molar-refractivity contribution is -0.140. The average molecular weight is 318 g/mol. The first-order valence-corrected chi connectivity index (χ1v) is 8.40. The molecule has 23 heavy (non-hydrogen) atoms. The Morgan fingerprint density at radius 1 is 1.35 bits per heavy atom. The summed E-state index contributed by atoms with van der Waals surface area (Å²) in [6.45, 7) is 7.11. The molecule has 1 atom stereocenters. The van der Waals surface area contributed by atoms with Gasteiger partial charge in [0.25, 0.3) is 0 Å². The molecule has 2 saturated heterocycles. The lowest BCUT2D eigenvalue weighted by Crippen LogP contribution is -2.46. The molecule has 1 aromatic rings. The Labute approximate surface area is 137 Å². The van der Waals surface area contributed by atoms with Gasteiger partial charge in [-0.15, -0.1) is 0 Å². The third-order valence-electron chi connectivity index (χ3n) is 5.39. The van der Waals surface area contributed by atoms with Crippen molar-refractivity contribution in [3.63, 3.8) is 0 Å². The van der Waals surface area contributed by atoms with Crippen LogP contribution in [-0.4, -0.2) is 60.2 Å². The molecule has 0 radical (unpaired) electrons. The Bertz CT molecular complexity index is 543. The zero-order valence-corrected chi connectivity index (χ0v) is 14.2. The summed E-state index contributed by atoms with van der Waals surface area (Å²) in [5.41, 5.74) is -0.0162. The number of hydrogen-bond acceptors (Lipinski definition) is 5. The Morgan fingerprint density at radius 2 is 2.00 bits per heavy atom. The van der Waals surface area contributed by atoms with Crippen molar-refractivity contribution < 1.29 is 9.53 Å².